The molecule has 2 atom stereocenters. The van der Waals surface area contributed by atoms with Crippen LogP contribution in [0.4, 0.5) is 0 Å². The van der Waals surface area contributed by atoms with E-state index in [0.29, 0.717) is 24.9 Å². The fourth-order valence-electron chi connectivity index (χ4n) is 2.68. The lowest BCUT2D eigenvalue weighted by Gasteiger charge is -2.36. The van der Waals surface area contributed by atoms with Gasteiger partial charge < -0.3 is 15.1 Å². The zero-order valence-electron chi connectivity index (χ0n) is 11.7. The highest BCUT2D eigenvalue weighted by Crippen LogP contribution is 2.28. The fraction of sp³-hybridized carbons (Fsp3) is 0.467. The smallest absolute Gasteiger partial charge is 0.306 e. The zero-order valence-corrected chi connectivity index (χ0v) is 11.7. The third-order valence-corrected chi connectivity index (χ3v) is 3.95. The van der Waals surface area contributed by atoms with Gasteiger partial charge in [0.25, 0.3) is 5.91 Å². The van der Waals surface area contributed by atoms with Crippen LogP contribution >= 0.6 is 0 Å². The highest BCUT2D eigenvalue weighted by atomic mass is 16.4. The fourth-order valence-corrected chi connectivity index (χ4v) is 2.68. The van der Waals surface area contributed by atoms with Gasteiger partial charge in [-0.25, -0.2) is 0 Å². The number of carboxylic acids is 1. The van der Waals surface area contributed by atoms with Crippen LogP contribution in [0, 0.1) is 12.8 Å². The Hall–Kier alpha value is -2.04. The highest BCUT2D eigenvalue weighted by Gasteiger charge is 2.33. The van der Waals surface area contributed by atoms with Gasteiger partial charge in [-0.3, -0.25) is 9.59 Å². The predicted octanol–water partition coefficient (Wildman–Crippen LogP) is 2.03. The Labute approximate surface area is 117 Å². The van der Waals surface area contributed by atoms with Crippen molar-refractivity contribution in [3.63, 3.8) is 0 Å². The van der Waals surface area contributed by atoms with Gasteiger partial charge in [-0.1, -0.05) is 12.1 Å². The summed E-state index contributed by atoms with van der Waals surface area (Å²) >= 11 is 0. The standard InChI is InChI=1S/C15H19NO4/c1-9-4-3-5-12(13(9)17)14(18)16-7-6-11(15(19)20)8-10(16)2/h3-5,10-11,17H,6-8H2,1-2H3,(H,19,20). The molecule has 2 rings (SSSR count). The van der Waals surface area contributed by atoms with Crippen LogP contribution in [0.3, 0.4) is 0 Å². The minimum atomic E-state index is -0.803. The van der Waals surface area contributed by atoms with Crippen LogP contribution in [0.15, 0.2) is 18.2 Å². The topological polar surface area (TPSA) is 77.8 Å². The van der Waals surface area contributed by atoms with Crippen LogP contribution in [-0.2, 0) is 4.79 Å². The lowest BCUT2D eigenvalue weighted by molar-refractivity contribution is -0.143. The van der Waals surface area contributed by atoms with E-state index in [1.54, 1.807) is 30.0 Å². The van der Waals surface area contributed by atoms with E-state index < -0.39 is 5.97 Å². The molecule has 2 N–H and O–H groups in total. The number of rotatable bonds is 2. The summed E-state index contributed by atoms with van der Waals surface area (Å²) in [5.41, 5.74) is 0.939. The predicted molar refractivity (Wildman–Crippen MR) is 73.7 cm³/mol. The van der Waals surface area contributed by atoms with Crippen molar-refractivity contribution in [2.24, 2.45) is 5.92 Å². The number of benzene rings is 1. The van der Waals surface area contributed by atoms with Gasteiger partial charge in [0.2, 0.25) is 0 Å². The maximum Gasteiger partial charge on any atom is 0.306 e. The lowest BCUT2D eigenvalue weighted by atomic mass is 9.91. The number of para-hydroxylation sites is 1. The molecule has 108 valence electrons. The second-order valence-corrected chi connectivity index (χ2v) is 5.38. The Balaban J connectivity index is 2.18. The number of aliphatic carboxylic acids is 1. The molecular formula is C15H19NO4. The molecule has 1 heterocycles. The third kappa shape index (κ3) is 2.61. The van der Waals surface area contributed by atoms with E-state index in [0.717, 1.165) is 0 Å². The van der Waals surface area contributed by atoms with Crippen molar-refractivity contribution >= 4 is 11.9 Å². The second-order valence-electron chi connectivity index (χ2n) is 5.38. The number of likely N-dealkylation sites (tertiary alicyclic amines) is 1. The van der Waals surface area contributed by atoms with Crippen molar-refractivity contribution in [1.29, 1.82) is 0 Å². The first-order valence-corrected chi connectivity index (χ1v) is 6.74. The van der Waals surface area contributed by atoms with E-state index in [1.807, 2.05) is 6.92 Å². The zero-order chi connectivity index (χ0) is 14.9. The van der Waals surface area contributed by atoms with E-state index >= 15 is 0 Å². The number of piperidine rings is 1. The molecule has 0 bridgehead atoms. The molecule has 1 saturated heterocycles. The van der Waals surface area contributed by atoms with Crippen molar-refractivity contribution in [2.75, 3.05) is 6.54 Å². The van der Waals surface area contributed by atoms with Crippen molar-refractivity contribution < 1.29 is 19.8 Å². The van der Waals surface area contributed by atoms with Gasteiger partial charge >= 0.3 is 5.97 Å². The van der Waals surface area contributed by atoms with Crippen LogP contribution in [0.25, 0.3) is 0 Å². The Morgan fingerprint density at radius 1 is 1.35 bits per heavy atom. The molecule has 0 spiro atoms. The highest BCUT2D eigenvalue weighted by molar-refractivity contribution is 5.97. The second kappa shape index (κ2) is 5.53. The number of carbonyl (C=O) groups is 2. The van der Waals surface area contributed by atoms with Gasteiger partial charge in [0.15, 0.2) is 0 Å². The van der Waals surface area contributed by atoms with Crippen LogP contribution < -0.4 is 0 Å². The normalized spacial score (nSPS) is 22.6. The van der Waals surface area contributed by atoms with Crippen LogP contribution in [-0.4, -0.2) is 39.6 Å². The van der Waals surface area contributed by atoms with Crippen LogP contribution in [0.1, 0.15) is 35.7 Å². The van der Waals surface area contributed by atoms with E-state index in [9.17, 15) is 14.7 Å². The maximum absolute atomic E-state index is 12.5. The van der Waals surface area contributed by atoms with Gasteiger partial charge in [-0.2, -0.15) is 0 Å². The number of nitrogens with zero attached hydrogens (tertiary/aromatic N) is 1. The summed E-state index contributed by atoms with van der Waals surface area (Å²) in [4.78, 5) is 25.1. The summed E-state index contributed by atoms with van der Waals surface area (Å²) in [6.07, 6.45) is 0.908. The van der Waals surface area contributed by atoms with Crippen molar-refractivity contribution in [3.05, 3.63) is 29.3 Å². The van der Waals surface area contributed by atoms with Gasteiger partial charge in [-0.05, 0) is 38.3 Å². The number of hydrogen-bond acceptors (Lipinski definition) is 3. The molecule has 5 nitrogen and oxygen atoms in total. The first kappa shape index (κ1) is 14.4. The number of aryl methyl sites for hydroxylation is 1. The van der Waals surface area contributed by atoms with E-state index in [4.69, 9.17) is 5.11 Å². The summed E-state index contributed by atoms with van der Waals surface area (Å²) in [5.74, 6) is -1.42. The molecule has 1 aromatic carbocycles. The molecule has 1 aliphatic heterocycles. The number of aromatic hydroxyl groups is 1. The molecule has 0 saturated carbocycles. The molecule has 0 aliphatic carbocycles. The molecule has 0 radical (unpaired) electrons. The molecule has 5 heteroatoms. The molecule has 1 fully saturated rings. The minimum Gasteiger partial charge on any atom is -0.507 e. The van der Waals surface area contributed by atoms with E-state index in [2.05, 4.69) is 0 Å². The van der Waals surface area contributed by atoms with Crippen molar-refractivity contribution in [3.8, 4) is 5.75 Å². The monoisotopic (exact) mass is 277 g/mol. The quantitative estimate of drug-likeness (QED) is 0.867. The minimum absolute atomic E-state index is 0.00468. The molecule has 0 aromatic heterocycles. The molecule has 1 aromatic rings. The summed E-state index contributed by atoms with van der Waals surface area (Å²) < 4.78 is 0. The summed E-state index contributed by atoms with van der Waals surface area (Å²) in [5, 5.41) is 19.0. The van der Waals surface area contributed by atoms with Gasteiger partial charge in [0.1, 0.15) is 5.75 Å². The van der Waals surface area contributed by atoms with E-state index in [1.165, 1.54) is 0 Å². The molecule has 20 heavy (non-hydrogen) atoms. The average molecular weight is 277 g/mol. The van der Waals surface area contributed by atoms with Crippen LogP contribution in [0.5, 0.6) is 5.75 Å². The molecular weight excluding hydrogens is 258 g/mol. The molecule has 1 amide bonds. The first-order valence-electron chi connectivity index (χ1n) is 6.74. The van der Waals surface area contributed by atoms with Gasteiger partial charge in [-0.15, -0.1) is 0 Å². The number of carbonyl (C=O) groups excluding carboxylic acids is 1. The van der Waals surface area contributed by atoms with Gasteiger partial charge in [0.05, 0.1) is 11.5 Å². The molecule has 2 unspecified atom stereocenters. The Morgan fingerprint density at radius 3 is 2.65 bits per heavy atom. The third-order valence-electron chi connectivity index (χ3n) is 3.95. The number of carboxylic acid groups (broad SMARTS) is 1. The van der Waals surface area contributed by atoms with Crippen molar-refractivity contribution in [2.45, 2.75) is 32.7 Å². The Bertz CT molecular complexity index is 541. The largest absolute Gasteiger partial charge is 0.507 e. The van der Waals surface area contributed by atoms with E-state index in [-0.39, 0.29) is 29.2 Å². The Kier molecular flexibility index (Phi) is 3.97. The average Bonchev–Trinajstić information content (AvgIpc) is 2.41. The lowest BCUT2D eigenvalue weighted by Crippen LogP contribution is -2.46. The molecule has 1 aliphatic rings. The summed E-state index contributed by atoms with van der Waals surface area (Å²) in [7, 11) is 0. The van der Waals surface area contributed by atoms with Crippen molar-refractivity contribution in [1.82, 2.24) is 4.90 Å². The van der Waals surface area contributed by atoms with Gasteiger partial charge in [0, 0.05) is 12.6 Å². The number of phenolic OH excluding ortho intramolecular Hbond substituents is 1. The first-order chi connectivity index (χ1) is 9.41. The summed E-state index contributed by atoms with van der Waals surface area (Å²) in [6.45, 7) is 4.00. The SMILES string of the molecule is Cc1cccc(C(=O)N2CCC(C(=O)O)CC2C)c1O. The number of hydrogen-bond donors (Lipinski definition) is 2. The number of phenols is 1. The number of amides is 1. The maximum atomic E-state index is 12.5. The van der Waals surface area contributed by atoms with Crippen LogP contribution in [0.2, 0.25) is 0 Å². The summed E-state index contributed by atoms with van der Waals surface area (Å²) in [6, 6.07) is 4.93. The Morgan fingerprint density at radius 2 is 2.05 bits per heavy atom.